The third-order valence-electron chi connectivity index (χ3n) is 5.24. The van der Waals surface area contributed by atoms with Crippen LogP contribution in [0.25, 0.3) is 0 Å². The number of ether oxygens (including phenoxy) is 1. The van der Waals surface area contributed by atoms with Gasteiger partial charge in [-0.15, -0.1) is 13.2 Å². The Bertz CT molecular complexity index is 800. The molecule has 29 heavy (non-hydrogen) atoms. The quantitative estimate of drug-likeness (QED) is 0.544. The monoisotopic (exact) mass is 399 g/mol. The molecule has 1 aliphatic heterocycles. The van der Waals surface area contributed by atoms with Gasteiger partial charge in [0.25, 0.3) is 0 Å². The van der Waals surface area contributed by atoms with Crippen molar-refractivity contribution in [1.29, 1.82) is 0 Å². The highest BCUT2D eigenvalue weighted by molar-refractivity contribution is 5.18. The van der Waals surface area contributed by atoms with Crippen molar-refractivity contribution in [3.8, 4) is 0 Å². The fraction of sp³-hybridized carbons (Fsp3) is 0.417. The van der Waals surface area contributed by atoms with Crippen LogP contribution >= 0.6 is 0 Å². The van der Waals surface area contributed by atoms with Crippen LogP contribution in [0.2, 0.25) is 0 Å². The van der Waals surface area contributed by atoms with Gasteiger partial charge in [0.1, 0.15) is 22.9 Å². The minimum Gasteiger partial charge on any atom is -0.462 e. The molecule has 0 spiro atoms. The van der Waals surface area contributed by atoms with Crippen LogP contribution in [-0.2, 0) is 23.4 Å². The first-order chi connectivity index (χ1) is 14.0. The summed E-state index contributed by atoms with van der Waals surface area (Å²) in [5, 5.41) is 10.9. The summed E-state index contributed by atoms with van der Waals surface area (Å²) in [6.45, 7) is 10.1. The van der Waals surface area contributed by atoms with E-state index in [1.54, 1.807) is 24.3 Å². The highest BCUT2D eigenvalue weighted by Crippen LogP contribution is 2.31. The van der Waals surface area contributed by atoms with Crippen LogP contribution in [0.4, 0.5) is 4.39 Å². The van der Waals surface area contributed by atoms with Crippen molar-refractivity contribution in [2.75, 3.05) is 13.2 Å². The van der Waals surface area contributed by atoms with Crippen LogP contribution in [0.15, 0.2) is 66.1 Å². The first kappa shape index (κ1) is 21.5. The summed E-state index contributed by atoms with van der Waals surface area (Å²) in [5.74, 6) is 1.02. The van der Waals surface area contributed by atoms with Crippen molar-refractivity contribution in [1.82, 2.24) is 4.90 Å². The number of hydrogen-bond donors (Lipinski definition) is 1. The summed E-state index contributed by atoms with van der Waals surface area (Å²) < 4.78 is 25.4. The minimum absolute atomic E-state index is 0.177. The molecule has 1 fully saturated rings. The molecule has 2 aromatic rings. The second-order valence-corrected chi connectivity index (χ2v) is 7.72. The predicted octanol–water partition coefficient (Wildman–Crippen LogP) is 4.94. The second kappa shape index (κ2) is 10.0. The van der Waals surface area contributed by atoms with E-state index in [2.05, 4.69) is 18.1 Å². The number of aliphatic hydroxyl groups is 1. The molecule has 0 unspecified atom stereocenters. The average Bonchev–Trinajstić information content (AvgIpc) is 3.34. The van der Waals surface area contributed by atoms with Gasteiger partial charge in [-0.3, -0.25) is 4.90 Å². The molecule has 3 rings (SSSR count). The van der Waals surface area contributed by atoms with E-state index in [0.29, 0.717) is 31.7 Å². The molecule has 1 aromatic heterocycles. The molecular formula is C24H30FNO3. The van der Waals surface area contributed by atoms with Gasteiger partial charge in [0.2, 0.25) is 0 Å². The van der Waals surface area contributed by atoms with Crippen molar-refractivity contribution in [3.05, 3.63) is 84.6 Å². The van der Waals surface area contributed by atoms with E-state index in [0.717, 1.165) is 37.3 Å². The number of benzene rings is 1. The highest BCUT2D eigenvalue weighted by atomic mass is 19.1. The topological polar surface area (TPSA) is 45.8 Å². The number of furan rings is 1. The summed E-state index contributed by atoms with van der Waals surface area (Å²) in [7, 11) is 0. The normalized spacial score (nSPS) is 17.0. The van der Waals surface area contributed by atoms with Crippen LogP contribution in [0, 0.1) is 5.82 Å². The molecule has 0 aliphatic carbocycles. The van der Waals surface area contributed by atoms with E-state index < -0.39 is 5.60 Å². The zero-order valence-electron chi connectivity index (χ0n) is 16.9. The molecule has 156 valence electrons. The Hall–Kier alpha value is -2.21. The molecule has 1 aromatic carbocycles. The van der Waals surface area contributed by atoms with Crippen LogP contribution < -0.4 is 0 Å². The first-order valence-corrected chi connectivity index (χ1v) is 10.1. The van der Waals surface area contributed by atoms with Crippen molar-refractivity contribution < 1.29 is 18.7 Å². The van der Waals surface area contributed by atoms with Crippen molar-refractivity contribution >= 4 is 0 Å². The molecular weight excluding hydrogens is 369 g/mol. The number of hydrogen-bond acceptors (Lipinski definition) is 4. The maximum atomic E-state index is 13.6. The van der Waals surface area contributed by atoms with Crippen LogP contribution in [-0.4, -0.2) is 29.3 Å². The number of halogens is 1. The Morgan fingerprint density at radius 2 is 1.97 bits per heavy atom. The van der Waals surface area contributed by atoms with Crippen molar-refractivity contribution in [2.24, 2.45) is 0 Å². The molecule has 4 nitrogen and oxygen atoms in total. The first-order valence-electron chi connectivity index (χ1n) is 10.1. The summed E-state index contributed by atoms with van der Waals surface area (Å²) in [6.07, 6.45) is 6.40. The molecule has 1 atom stereocenters. The SMILES string of the molecule is C=CCC(O)(CC=C)c1ccc(CN(Cc2cccc(F)c2)C[C@H]2CCCO2)o1. The smallest absolute Gasteiger partial charge is 0.136 e. The summed E-state index contributed by atoms with van der Waals surface area (Å²) >= 11 is 0. The zero-order chi connectivity index (χ0) is 20.7. The van der Waals surface area contributed by atoms with E-state index in [1.807, 2.05) is 18.2 Å². The van der Waals surface area contributed by atoms with E-state index >= 15 is 0 Å². The van der Waals surface area contributed by atoms with Crippen LogP contribution in [0.1, 0.15) is 42.8 Å². The fourth-order valence-electron chi connectivity index (χ4n) is 3.85. The maximum absolute atomic E-state index is 13.6. The van der Waals surface area contributed by atoms with E-state index in [1.165, 1.54) is 6.07 Å². The molecule has 0 saturated carbocycles. The molecule has 0 bridgehead atoms. The molecule has 0 radical (unpaired) electrons. The number of nitrogens with zero attached hydrogens (tertiary/aromatic N) is 1. The largest absolute Gasteiger partial charge is 0.462 e. The fourth-order valence-corrected chi connectivity index (χ4v) is 3.85. The lowest BCUT2D eigenvalue weighted by molar-refractivity contribution is 0.0177. The van der Waals surface area contributed by atoms with E-state index in [9.17, 15) is 9.50 Å². The van der Waals surface area contributed by atoms with Gasteiger partial charge in [0.05, 0.1) is 12.6 Å². The minimum atomic E-state index is -1.14. The lowest BCUT2D eigenvalue weighted by Gasteiger charge is -2.25. The molecule has 1 N–H and O–H groups in total. The van der Waals surface area contributed by atoms with Gasteiger partial charge >= 0.3 is 0 Å². The lowest BCUT2D eigenvalue weighted by atomic mass is 9.93. The molecule has 5 heteroatoms. The molecule has 0 amide bonds. The Morgan fingerprint density at radius 1 is 1.17 bits per heavy atom. The number of rotatable bonds is 11. The Kier molecular flexibility index (Phi) is 7.42. The van der Waals surface area contributed by atoms with Gasteiger partial charge in [-0.05, 0) is 42.7 Å². The second-order valence-electron chi connectivity index (χ2n) is 7.72. The van der Waals surface area contributed by atoms with Crippen LogP contribution in [0.3, 0.4) is 0 Å². The van der Waals surface area contributed by atoms with Crippen LogP contribution in [0.5, 0.6) is 0 Å². The molecule has 2 heterocycles. The van der Waals surface area contributed by atoms with Gasteiger partial charge < -0.3 is 14.3 Å². The maximum Gasteiger partial charge on any atom is 0.136 e. The molecule has 1 saturated heterocycles. The summed E-state index contributed by atoms with van der Waals surface area (Å²) in [6, 6.07) is 10.4. The van der Waals surface area contributed by atoms with E-state index in [-0.39, 0.29) is 11.9 Å². The Balaban J connectivity index is 1.75. The van der Waals surface area contributed by atoms with Gasteiger partial charge in [-0.25, -0.2) is 4.39 Å². The standard InChI is InChI=1S/C24H30FNO3/c1-3-12-24(27,13-4-2)23-11-10-22(29-23)18-26(17-21-9-6-14-28-21)16-19-7-5-8-20(25)15-19/h3-5,7-8,10-11,15,21,27H,1-2,6,9,12-14,16-18H2/t21-/m1/s1. The van der Waals surface area contributed by atoms with Gasteiger partial charge in [-0.2, -0.15) is 0 Å². The van der Waals surface area contributed by atoms with Crippen molar-refractivity contribution in [2.45, 2.75) is 50.5 Å². The third kappa shape index (κ3) is 5.89. The van der Waals surface area contributed by atoms with Gasteiger partial charge in [-0.1, -0.05) is 24.3 Å². The predicted molar refractivity (Wildman–Crippen MR) is 112 cm³/mol. The zero-order valence-corrected chi connectivity index (χ0v) is 16.9. The van der Waals surface area contributed by atoms with Crippen molar-refractivity contribution in [3.63, 3.8) is 0 Å². The lowest BCUT2D eigenvalue weighted by Crippen LogP contribution is -2.31. The average molecular weight is 400 g/mol. The Labute approximate surface area is 172 Å². The van der Waals surface area contributed by atoms with Gasteiger partial charge in [0, 0.05) is 32.5 Å². The van der Waals surface area contributed by atoms with Gasteiger partial charge in [0.15, 0.2) is 0 Å². The third-order valence-corrected chi connectivity index (χ3v) is 5.24. The van der Waals surface area contributed by atoms with E-state index in [4.69, 9.17) is 9.15 Å². The highest BCUT2D eigenvalue weighted by Gasteiger charge is 2.30. The summed E-state index contributed by atoms with van der Waals surface area (Å²) in [4.78, 5) is 2.20. The Morgan fingerprint density at radius 3 is 2.62 bits per heavy atom. The molecule has 1 aliphatic rings. The summed E-state index contributed by atoms with van der Waals surface area (Å²) in [5.41, 5.74) is -0.228.